The zero-order valence-electron chi connectivity index (χ0n) is 14.6. The van der Waals surface area contributed by atoms with Gasteiger partial charge in [0.15, 0.2) is 0 Å². The molecule has 0 aliphatic rings. The highest BCUT2D eigenvalue weighted by Crippen LogP contribution is 2.37. The van der Waals surface area contributed by atoms with Crippen molar-refractivity contribution in [3.63, 3.8) is 0 Å². The molecule has 5 aromatic carbocycles. The summed E-state index contributed by atoms with van der Waals surface area (Å²) in [6, 6.07) is 35.4. The van der Waals surface area contributed by atoms with Gasteiger partial charge in [-0.15, -0.1) is 11.3 Å². The van der Waals surface area contributed by atoms with E-state index in [1.165, 1.54) is 52.8 Å². The first-order valence-corrected chi connectivity index (χ1v) is 10.0. The number of hydrogen-bond donors (Lipinski definition) is 0. The van der Waals surface area contributed by atoms with Gasteiger partial charge in [0.2, 0.25) is 0 Å². The molecule has 0 nitrogen and oxygen atoms in total. The molecule has 27 heavy (non-hydrogen) atoms. The lowest BCUT2D eigenvalue weighted by Crippen LogP contribution is -1.81. The summed E-state index contributed by atoms with van der Waals surface area (Å²) in [7, 11) is 0. The Hall–Kier alpha value is -3.16. The van der Waals surface area contributed by atoms with Gasteiger partial charge in [0.25, 0.3) is 0 Å². The van der Waals surface area contributed by atoms with Crippen molar-refractivity contribution in [2.24, 2.45) is 0 Å². The van der Waals surface area contributed by atoms with E-state index in [2.05, 4.69) is 97.1 Å². The molecule has 0 aliphatic heterocycles. The molecule has 6 rings (SSSR count). The maximum atomic E-state index is 2.35. The predicted octanol–water partition coefficient (Wildman–Crippen LogP) is 8.03. The van der Waals surface area contributed by atoms with E-state index in [0.29, 0.717) is 0 Å². The second-order valence-corrected chi connectivity index (χ2v) is 8.12. The smallest absolute Gasteiger partial charge is 0.0355 e. The number of hydrogen-bond acceptors (Lipinski definition) is 1. The van der Waals surface area contributed by atoms with Crippen LogP contribution in [0.1, 0.15) is 0 Å². The summed E-state index contributed by atoms with van der Waals surface area (Å²) >= 11 is 1.87. The van der Waals surface area contributed by atoms with Crippen molar-refractivity contribution in [1.82, 2.24) is 0 Å². The van der Waals surface area contributed by atoms with Gasteiger partial charge in [-0.05, 0) is 56.9 Å². The van der Waals surface area contributed by atoms with E-state index >= 15 is 0 Å². The summed E-state index contributed by atoms with van der Waals surface area (Å²) in [6.07, 6.45) is 0. The van der Waals surface area contributed by atoms with Gasteiger partial charge in [-0.2, -0.15) is 0 Å². The van der Waals surface area contributed by atoms with Crippen molar-refractivity contribution in [2.45, 2.75) is 0 Å². The summed E-state index contributed by atoms with van der Waals surface area (Å²) in [5, 5.41) is 7.93. The average Bonchev–Trinajstić information content (AvgIpc) is 3.11. The minimum absolute atomic E-state index is 1.27. The van der Waals surface area contributed by atoms with Crippen LogP contribution in [0.3, 0.4) is 0 Å². The van der Waals surface area contributed by atoms with Gasteiger partial charge in [0.1, 0.15) is 0 Å². The molecule has 0 spiro atoms. The summed E-state index contributed by atoms with van der Waals surface area (Å²) < 4.78 is 2.71. The standard InChI is InChI=1S/C26H16S/c1-2-6-21-17(5-1)9-10-18-11-12-19(15-23(18)21)20-13-14-26-24(16-20)22-7-3-4-8-25(22)27-26/h1-16H. The molecule has 6 aromatic rings. The van der Waals surface area contributed by atoms with Crippen molar-refractivity contribution in [2.75, 3.05) is 0 Å². The Bertz CT molecular complexity index is 1470. The molecule has 0 unspecified atom stereocenters. The molecule has 0 atom stereocenters. The summed E-state index contributed by atoms with van der Waals surface area (Å²) in [6.45, 7) is 0. The van der Waals surface area contributed by atoms with Gasteiger partial charge in [0, 0.05) is 20.2 Å². The zero-order chi connectivity index (χ0) is 17.8. The number of fused-ring (bicyclic) bond motifs is 6. The Balaban J connectivity index is 1.62. The maximum Gasteiger partial charge on any atom is 0.0355 e. The molecule has 1 aromatic heterocycles. The fraction of sp³-hybridized carbons (Fsp3) is 0. The maximum absolute atomic E-state index is 2.35. The van der Waals surface area contributed by atoms with Gasteiger partial charge in [-0.25, -0.2) is 0 Å². The van der Waals surface area contributed by atoms with Gasteiger partial charge in [-0.1, -0.05) is 72.8 Å². The topological polar surface area (TPSA) is 0 Å². The number of rotatable bonds is 1. The van der Waals surface area contributed by atoms with Crippen molar-refractivity contribution in [3.05, 3.63) is 97.1 Å². The quantitative estimate of drug-likeness (QED) is 0.260. The molecule has 0 fully saturated rings. The van der Waals surface area contributed by atoms with Crippen LogP contribution in [0.15, 0.2) is 97.1 Å². The van der Waals surface area contributed by atoms with Gasteiger partial charge >= 0.3 is 0 Å². The fourth-order valence-electron chi connectivity index (χ4n) is 4.09. The minimum atomic E-state index is 1.27. The third-order valence-corrected chi connectivity index (χ3v) is 6.61. The van der Waals surface area contributed by atoms with Crippen LogP contribution in [0.4, 0.5) is 0 Å². The average molecular weight is 360 g/mol. The Kier molecular flexibility index (Phi) is 3.14. The van der Waals surface area contributed by atoms with Crippen molar-refractivity contribution >= 4 is 53.1 Å². The minimum Gasteiger partial charge on any atom is -0.135 e. The molecule has 0 bridgehead atoms. The van der Waals surface area contributed by atoms with E-state index in [0.717, 1.165) is 0 Å². The van der Waals surface area contributed by atoms with Crippen LogP contribution in [0.25, 0.3) is 52.8 Å². The molecular weight excluding hydrogens is 344 g/mol. The Morgan fingerprint density at radius 3 is 1.89 bits per heavy atom. The monoisotopic (exact) mass is 360 g/mol. The Labute approximate surface area is 161 Å². The van der Waals surface area contributed by atoms with Crippen LogP contribution in [-0.2, 0) is 0 Å². The van der Waals surface area contributed by atoms with Gasteiger partial charge < -0.3 is 0 Å². The predicted molar refractivity (Wildman–Crippen MR) is 120 cm³/mol. The molecule has 1 heterocycles. The molecule has 0 saturated carbocycles. The van der Waals surface area contributed by atoms with Crippen LogP contribution < -0.4 is 0 Å². The summed E-state index contributed by atoms with van der Waals surface area (Å²) in [4.78, 5) is 0. The second-order valence-electron chi connectivity index (χ2n) is 7.03. The lowest BCUT2D eigenvalue weighted by atomic mass is 9.96. The second kappa shape index (κ2) is 5.67. The van der Waals surface area contributed by atoms with E-state index in [1.54, 1.807) is 0 Å². The first-order valence-electron chi connectivity index (χ1n) is 9.20. The molecule has 1 heteroatoms. The SMILES string of the molecule is c1ccc2c(c1)ccc1ccc(-c3ccc4sc5ccccc5c4c3)cc12. The fourth-order valence-corrected chi connectivity index (χ4v) is 5.17. The third kappa shape index (κ3) is 2.29. The summed E-state index contributed by atoms with van der Waals surface area (Å²) in [5.41, 5.74) is 2.55. The normalized spacial score (nSPS) is 11.7. The van der Waals surface area contributed by atoms with Crippen LogP contribution in [-0.4, -0.2) is 0 Å². The van der Waals surface area contributed by atoms with Crippen LogP contribution in [0.5, 0.6) is 0 Å². The van der Waals surface area contributed by atoms with E-state index in [9.17, 15) is 0 Å². The summed E-state index contributed by atoms with van der Waals surface area (Å²) in [5.74, 6) is 0. The van der Waals surface area contributed by atoms with E-state index in [4.69, 9.17) is 0 Å². The molecule has 0 saturated heterocycles. The Morgan fingerprint density at radius 1 is 0.407 bits per heavy atom. The molecule has 0 N–H and O–H groups in total. The zero-order valence-corrected chi connectivity index (χ0v) is 15.5. The lowest BCUT2D eigenvalue weighted by molar-refractivity contribution is 1.70. The molecule has 0 radical (unpaired) electrons. The van der Waals surface area contributed by atoms with Crippen LogP contribution in [0, 0.1) is 0 Å². The van der Waals surface area contributed by atoms with Gasteiger partial charge in [0.05, 0.1) is 0 Å². The number of benzene rings is 5. The molecular formula is C26H16S. The first-order chi connectivity index (χ1) is 13.4. The highest BCUT2D eigenvalue weighted by Gasteiger charge is 2.08. The molecule has 0 amide bonds. The van der Waals surface area contributed by atoms with Crippen molar-refractivity contribution < 1.29 is 0 Å². The first kappa shape index (κ1) is 15.0. The van der Waals surface area contributed by atoms with E-state index in [-0.39, 0.29) is 0 Å². The van der Waals surface area contributed by atoms with Crippen LogP contribution in [0.2, 0.25) is 0 Å². The van der Waals surface area contributed by atoms with Crippen molar-refractivity contribution in [3.8, 4) is 11.1 Å². The van der Waals surface area contributed by atoms with E-state index in [1.807, 2.05) is 11.3 Å². The Morgan fingerprint density at radius 2 is 1.00 bits per heavy atom. The van der Waals surface area contributed by atoms with Crippen molar-refractivity contribution in [1.29, 1.82) is 0 Å². The lowest BCUT2D eigenvalue weighted by Gasteiger charge is -2.08. The molecule has 0 aliphatic carbocycles. The molecule has 126 valence electrons. The van der Waals surface area contributed by atoms with Crippen LogP contribution >= 0.6 is 11.3 Å². The highest BCUT2D eigenvalue weighted by atomic mass is 32.1. The van der Waals surface area contributed by atoms with Gasteiger partial charge in [-0.3, -0.25) is 0 Å². The largest absolute Gasteiger partial charge is 0.135 e. The van der Waals surface area contributed by atoms with E-state index < -0.39 is 0 Å². The third-order valence-electron chi connectivity index (χ3n) is 5.46. The highest BCUT2D eigenvalue weighted by molar-refractivity contribution is 7.25. The number of thiophene rings is 1.